The Labute approximate surface area is 127 Å². The number of nitrogens with zero attached hydrogens (tertiary/aromatic N) is 2. The maximum atomic E-state index is 11.9. The second-order valence-electron chi connectivity index (χ2n) is 5.16. The Morgan fingerprint density at radius 2 is 1.95 bits per heavy atom. The largest absolute Gasteiger partial charge is 0.493 e. The van der Waals surface area contributed by atoms with E-state index >= 15 is 0 Å². The number of hydrogen-bond donors (Lipinski definition) is 3. The van der Waals surface area contributed by atoms with Gasteiger partial charge in [0.05, 0.1) is 32.9 Å². The Morgan fingerprint density at radius 1 is 1.27 bits per heavy atom. The fourth-order valence-electron chi connectivity index (χ4n) is 1.92. The molecule has 0 saturated carbocycles. The quantitative estimate of drug-likeness (QED) is 0.606. The highest BCUT2D eigenvalue weighted by molar-refractivity contribution is 5.82. The fourth-order valence-corrected chi connectivity index (χ4v) is 1.92. The van der Waals surface area contributed by atoms with Crippen LogP contribution in [0.1, 0.15) is 5.56 Å². The van der Waals surface area contributed by atoms with Crippen molar-refractivity contribution in [2.75, 3.05) is 27.2 Å². The van der Waals surface area contributed by atoms with Crippen molar-refractivity contribution in [3.63, 3.8) is 0 Å². The van der Waals surface area contributed by atoms with E-state index in [1.807, 2.05) is 14.1 Å². The molecule has 0 aliphatic rings. The Bertz CT molecular complexity index is 776. The molecule has 7 heteroatoms. The third kappa shape index (κ3) is 3.50. The summed E-state index contributed by atoms with van der Waals surface area (Å²) in [4.78, 5) is 31.3. The molecule has 1 aromatic heterocycles. The number of aromatic hydroxyl groups is 1. The molecule has 0 aliphatic carbocycles. The number of benzene rings is 1. The second kappa shape index (κ2) is 6.86. The predicted molar refractivity (Wildman–Crippen MR) is 84.5 cm³/mol. The molecular formula is C15H19N4O3+. The summed E-state index contributed by atoms with van der Waals surface area (Å²) in [6.07, 6.45) is 1.30. The fraction of sp³-hybridized carbons (Fsp3) is 0.267. The molecule has 1 heterocycles. The van der Waals surface area contributed by atoms with Crippen LogP contribution < -0.4 is 16.1 Å². The summed E-state index contributed by atoms with van der Waals surface area (Å²) in [5.41, 5.74) is -0.912. The topological polar surface area (TPSA) is 91.9 Å². The molecule has 0 bridgehead atoms. The second-order valence-corrected chi connectivity index (χ2v) is 5.16. The molecule has 0 saturated heterocycles. The van der Waals surface area contributed by atoms with E-state index < -0.39 is 17.1 Å². The summed E-state index contributed by atoms with van der Waals surface area (Å²) in [7, 11) is 3.99. The van der Waals surface area contributed by atoms with Crippen molar-refractivity contribution in [1.82, 2.24) is 9.55 Å². The highest BCUT2D eigenvalue weighted by Gasteiger charge is 2.13. The number of nitrogens with one attached hydrogen (secondary N) is 2. The van der Waals surface area contributed by atoms with Gasteiger partial charge >= 0.3 is 5.69 Å². The number of hydrogen-bond acceptors (Lipinski definition) is 4. The van der Waals surface area contributed by atoms with Crippen LogP contribution in [-0.4, -0.2) is 48.1 Å². The molecule has 116 valence electrons. The van der Waals surface area contributed by atoms with Gasteiger partial charge in [-0.1, -0.05) is 18.2 Å². The maximum absolute atomic E-state index is 11.9. The smallest absolute Gasteiger partial charge is 0.335 e. The van der Waals surface area contributed by atoms with Gasteiger partial charge in [0.2, 0.25) is 5.88 Å². The molecule has 0 spiro atoms. The lowest BCUT2D eigenvalue weighted by Gasteiger charge is -2.09. The standard InChI is InChI=1S/C15H18N4O3/c1-18(2)9-8-16-10-12-13(20)17-15(22)19(14(12)21)11-6-4-3-5-7-11/h3-7,10,21H,8-9H2,1-2H3,(H,17,20,22)/p+1. The molecule has 0 atom stereocenters. The van der Waals surface area contributed by atoms with Crippen LogP contribution >= 0.6 is 0 Å². The van der Waals surface area contributed by atoms with E-state index in [9.17, 15) is 14.7 Å². The molecule has 0 amide bonds. The van der Waals surface area contributed by atoms with Gasteiger partial charge in [0, 0.05) is 6.21 Å². The SMILES string of the molecule is C[NH+](C)CCN=Cc1c(O)n(-c2ccccc2)c(=O)[nH]c1=O. The molecule has 0 aliphatic heterocycles. The van der Waals surface area contributed by atoms with Crippen molar-refractivity contribution >= 4 is 6.21 Å². The van der Waals surface area contributed by atoms with Gasteiger partial charge < -0.3 is 10.0 Å². The van der Waals surface area contributed by atoms with Gasteiger partial charge in [0.1, 0.15) is 5.56 Å². The summed E-state index contributed by atoms with van der Waals surface area (Å²) in [5, 5.41) is 10.3. The highest BCUT2D eigenvalue weighted by atomic mass is 16.3. The molecule has 0 unspecified atom stereocenters. The van der Waals surface area contributed by atoms with Gasteiger partial charge in [-0.3, -0.25) is 14.8 Å². The molecule has 7 nitrogen and oxygen atoms in total. The number of aliphatic imine (C=N–C) groups is 1. The summed E-state index contributed by atoms with van der Waals surface area (Å²) in [6.45, 7) is 1.32. The minimum absolute atomic E-state index is 0.0304. The first-order chi connectivity index (χ1) is 10.5. The van der Waals surface area contributed by atoms with Crippen molar-refractivity contribution in [3.05, 3.63) is 56.7 Å². The Balaban J connectivity index is 2.44. The van der Waals surface area contributed by atoms with Crippen LogP contribution in [-0.2, 0) is 0 Å². The van der Waals surface area contributed by atoms with Crippen LogP contribution in [0.2, 0.25) is 0 Å². The number of likely N-dealkylation sites (N-methyl/N-ethyl adjacent to an activating group) is 1. The average Bonchev–Trinajstić information content (AvgIpc) is 2.46. The van der Waals surface area contributed by atoms with E-state index in [4.69, 9.17) is 0 Å². The molecule has 3 N–H and O–H groups in total. The number of aromatic amines is 1. The monoisotopic (exact) mass is 303 g/mol. The normalized spacial score (nSPS) is 11.4. The molecule has 2 aromatic rings. The van der Waals surface area contributed by atoms with Crippen molar-refractivity contribution < 1.29 is 10.0 Å². The number of H-pyrrole nitrogens is 1. The van der Waals surface area contributed by atoms with Crippen LogP contribution in [0.4, 0.5) is 0 Å². The Morgan fingerprint density at radius 3 is 2.59 bits per heavy atom. The van der Waals surface area contributed by atoms with Crippen molar-refractivity contribution in [3.8, 4) is 11.6 Å². The number of aromatic nitrogens is 2. The zero-order valence-corrected chi connectivity index (χ0v) is 12.5. The van der Waals surface area contributed by atoms with E-state index in [2.05, 4.69) is 9.98 Å². The van der Waals surface area contributed by atoms with Gasteiger partial charge in [-0.15, -0.1) is 0 Å². The molecule has 1 aromatic carbocycles. The highest BCUT2D eigenvalue weighted by Crippen LogP contribution is 2.14. The first-order valence-electron chi connectivity index (χ1n) is 6.93. The number of quaternary nitrogens is 1. The van der Waals surface area contributed by atoms with E-state index in [0.717, 1.165) is 11.1 Å². The van der Waals surface area contributed by atoms with Crippen molar-refractivity contribution in [2.45, 2.75) is 0 Å². The lowest BCUT2D eigenvalue weighted by molar-refractivity contribution is -0.856. The number of rotatable bonds is 5. The zero-order chi connectivity index (χ0) is 16.1. The van der Waals surface area contributed by atoms with Gasteiger partial charge in [0.25, 0.3) is 5.56 Å². The average molecular weight is 303 g/mol. The molecule has 2 rings (SSSR count). The third-order valence-corrected chi connectivity index (χ3v) is 3.10. The first-order valence-corrected chi connectivity index (χ1v) is 6.93. The van der Waals surface area contributed by atoms with Gasteiger partial charge in [-0.2, -0.15) is 0 Å². The van der Waals surface area contributed by atoms with Crippen LogP contribution in [0.5, 0.6) is 5.88 Å². The zero-order valence-electron chi connectivity index (χ0n) is 12.5. The van der Waals surface area contributed by atoms with Gasteiger partial charge in [0.15, 0.2) is 0 Å². The van der Waals surface area contributed by atoms with Crippen LogP contribution in [0.15, 0.2) is 44.9 Å². The molecule has 0 radical (unpaired) electrons. The molecular weight excluding hydrogens is 284 g/mol. The summed E-state index contributed by atoms with van der Waals surface area (Å²) in [5.74, 6) is -0.416. The van der Waals surface area contributed by atoms with E-state index in [1.165, 1.54) is 11.1 Å². The Hall–Kier alpha value is -2.67. The van der Waals surface area contributed by atoms with Crippen molar-refractivity contribution in [2.24, 2.45) is 4.99 Å². The van der Waals surface area contributed by atoms with Crippen LogP contribution in [0.3, 0.4) is 0 Å². The third-order valence-electron chi connectivity index (χ3n) is 3.10. The van der Waals surface area contributed by atoms with E-state index in [0.29, 0.717) is 12.2 Å². The molecule has 22 heavy (non-hydrogen) atoms. The van der Waals surface area contributed by atoms with E-state index in [1.54, 1.807) is 30.3 Å². The summed E-state index contributed by atoms with van der Waals surface area (Å²) < 4.78 is 1.04. The van der Waals surface area contributed by atoms with Crippen LogP contribution in [0, 0.1) is 0 Å². The minimum Gasteiger partial charge on any atom is -0.493 e. The van der Waals surface area contributed by atoms with Crippen molar-refractivity contribution in [1.29, 1.82) is 0 Å². The summed E-state index contributed by atoms with van der Waals surface area (Å²) >= 11 is 0. The number of para-hydroxylation sites is 1. The maximum Gasteiger partial charge on any atom is 0.335 e. The summed E-state index contributed by atoms with van der Waals surface area (Å²) in [6, 6.07) is 8.59. The predicted octanol–water partition coefficient (Wildman–Crippen LogP) is -1.21. The lowest BCUT2D eigenvalue weighted by atomic mass is 10.3. The first kappa shape index (κ1) is 15.7. The Kier molecular flexibility index (Phi) is 4.90. The lowest BCUT2D eigenvalue weighted by Crippen LogP contribution is -3.06. The van der Waals surface area contributed by atoms with Gasteiger partial charge in [-0.05, 0) is 12.1 Å². The minimum atomic E-state index is -0.691. The molecule has 0 fully saturated rings. The van der Waals surface area contributed by atoms with Gasteiger partial charge in [-0.25, -0.2) is 9.36 Å². The van der Waals surface area contributed by atoms with E-state index in [-0.39, 0.29) is 5.56 Å². The van der Waals surface area contributed by atoms with Crippen LogP contribution in [0.25, 0.3) is 5.69 Å².